The number of rotatable bonds is 3. The minimum atomic E-state index is -3.66. The van der Waals surface area contributed by atoms with Crippen LogP contribution in [0.1, 0.15) is 11.1 Å². The molecule has 0 bridgehead atoms. The molecule has 138 valence electrons. The van der Waals surface area contributed by atoms with Crippen molar-refractivity contribution in [2.45, 2.75) is 4.90 Å². The smallest absolute Gasteiger partial charge is 0.261 e. The van der Waals surface area contributed by atoms with Crippen LogP contribution in [0.3, 0.4) is 0 Å². The summed E-state index contributed by atoms with van der Waals surface area (Å²) < 4.78 is 27.5. The third-order valence-corrected chi connectivity index (χ3v) is 5.41. The molecule has 0 aliphatic rings. The first-order valence-electron chi connectivity index (χ1n) is 8.30. The average molecular weight is 389 g/mol. The molecule has 0 saturated carbocycles. The molecule has 0 spiro atoms. The highest BCUT2D eigenvalue weighted by molar-refractivity contribution is 7.92. The number of sulfonamides is 1. The van der Waals surface area contributed by atoms with Crippen LogP contribution in [0.25, 0.3) is 11.0 Å². The quantitative estimate of drug-likeness (QED) is 0.466. The van der Waals surface area contributed by atoms with Crippen LogP contribution in [0, 0.1) is 11.8 Å². The lowest BCUT2D eigenvalue weighted by atomic mass is 10.2. The molecule has 0 radical (unpaired) electrons. The van der Waals surface area contributed by atoms with E-state index in [0.29, 0.717) is 33.7 Å². The van der Waals surface area contributed by atoms with Crippen LogP contribution in [0.2, 0.25) is 0 Å². The van der Waals surface area contributed by atoms with Gasteiger partial charge in [-0.05, 0) is 30.3 Å². The number of aromatic amines is 1. The zero-order valence-electron chi connectivity index (χ0n) is 14.5. The van der Waals surface area contributed by atoms with Gasteiger partial charge in [-0.15, -0.1) is 0 Å². The zero-order chi connectivity index (χ0) is 19.6. The van der Waals surface area contributed by atoms with E-state index >= 15 is 0 Å². The normalized spacial score (nSPS) is 11.0. The standard InChI is InChI=1S/C20H15N5O2S/c21-19-18-15(12-22-20(18)24-13-23-19)10-9-14-5-4-6-16(11-14)25-28(26,27)17-7-2-1-3-8-17/h1-8,11-13,25H,(H3,21,22,23,24). The van der Waals surface area contributed by atoms with Crippen molar-refractivity contribution in [3.8, 4) is 11.8 Å². The number of hydrogen-bond acceptors (Lipinski definition) is 5. The van der Waals surface area contributed by atoms with Crippen molar-refractivity contribution in [3.05, 3.63) is 78.2 Å². The Morgan fingerprint density at radius 1 is 1.00 bits per heavy atom. The first-order chi connectivity index (χ1) is 13.5. The van der Waals surface area contributed by atoms with Crippen molar-refractivity contribution < 1.29 is 8.42 Å². The van der Waals surface area contributed by atoms with E-state index in [1.165, 1.54) is 18.5 Å². The van der Waals surface area contributed by atoms with Gasteiger partial charge in [-0.1, -0.05) is 36.1 Å². The number of fused-ring (bicyclic) bond motifs is 1. The lowest BCUT2D eigenvalue weighted by Crippen LogP contribution is -2.12. The number of nitrogens with one attached hydrogen (secondary N) is 2. The molecular formula is C20H15N5O2S. The third-order valence-electron chi connectivity index (χ3n) is 4.01. The van der Waals surface area contributed by atoms with Crippen molar-refractivity contribution in [3.63, 3.8) is 0 Å². The Balaban J connectivity index is 1.63. The van der Waals surface area contributed by atoms with Gasteiger partial charge >= 0.3 is 0 Å². The molecule has 2 aromatic carbocycles. The van der Waals surface area contributed by atoms with E-state index in [0.717, 1.165) is 0 Å². The summed E-state index contributed by atoms with van der Waals surface area (Å²) in [6, 6.07) is 15.1. The molecule has 0 fully saturated rings. The molecule has 28 heavy (non-hydrogen) atoms. The summed E-state index contributed by atoms with van der Waals surface area (Å²) in [5.74, 6) is 6.39. The monoisotopic (exact) mass is 389 g/mol. The molecule has 7 nitrogen and oxygen atoms in total. The predicted octanol–water partition coefficient (Wildman–Crippen LogP) is 2.74. The molecule has 0 unspecified atom stereocenters. The second kappa shape index (κ2) is 7.06. The number of H-pyrrole nitrogens is 1. The number of nitrogens with zero attached hydrogens (tertiary/aromatic N) is 2. The number of aromatic nitrogens is 3. The van der Waals surface area contributed by atoms with Gasteiger partial charge in [0.2, 0.25) is 0 Å². The highest BCUT2D eigenvalue weighted by Crippen LogP contribution is 2.20. The van der Waals surface area contributed by atoms with Crippen LogP contribution in [0.5, 0.6) is 0 Å². The summed E-state index contributed by atoms with van der Waals surface area (Å²) in [7, 11) is -3.66. The maximum Gasteiger partial charge on any atom is 0.261 e. The molecule has 0 aliphatic carbocycles. The third kappa shape index (κ3) is 3.51. The van der Waals surface area contributed by atoms with Crippen LogP contribution in [-0.4, -0.2) is 23.4 Å². The number of nitrogen functional groups attached to an aromatic ring is 1. The van der Waals surface area contributed by atoms with Gasteiger partial charge in [-0.2, -0.15) is 0 Å². The molecular weight excluding hydrogens is 374 g/mol. The summed E-state index contributed by atoms with van der Waals surface area (Å²) in [6.45, 7) is 0. The van der Waals surface area contributed by atoms with Crippen molar-refractivity contribution in [1.82, 2.24) is 15.0 Å². The van der Waals surface area contributed by atoms with Gasteiger partial charge in [0.05, 0.1) is 21.5 Å². The van der Waals surface area contributed by atoms with Crippen LogP contribution in [-0.2, 0) is 10.0 Å². The maximum absolute atomic E-state index is 12.5. The van der Waals surface area contributed by atoms with E-state index in [4.69, 9.17) is 5.73 Å². The van der Waals surface area contributed by atoms with Crippen LogP contribution >= 0.6 is 0 Å². The van der Waals surface area contributed by atoms with Crippen LogP contribution in [0.15, 0.2) is 72.0 Å². The number of hydrogen-bond donors (Lipinski definition) is 3. The minimum absolute atomic E-state index is 0.195. The highest BCUT2D eigenvalue weighted by atomic mass is 32.2. The largest absolute Gasteiger partial charge is 0.383 e. The molecule has 0 saturated heterocycles. The molecule has 8 heteroatoms. The summed E-state index contributed by atoms with van der Waals surface area (Å²) in [6.07, 6.45) is 3.10. The van der Waals surface area contributed by atoms with Gasteiger partial charge in [0, 0.05) is 11.8 Å². The summed E-state index contributed by atoms with van der Waals surface area (Å²) in [5, 5.41) is 0.663. The Morgan fingerprint density at radius 3 is 2.64 bits per heavy atom. The Morgan fingerprint density at radius 2 is 1.82 bits per heavy atom. The van der Waals surface area contributed by atoms with Gasteiger partial charge in [0.25, 0.3) is 10.0 Å². The first kappa shape index (κ1) is 17.6. The lowest BCUT2D eigenvalue weighted by Gasteiger charge is -2.08. The van der Waals surface area contributed by atoms with Crippen molar-refractivity contribution in [1.29, 1.82) is 0 Å². The molecule has 4 rings (SSSR count). The molecule has 0 amide bonds. The zero-order valence-corrected chi connectivity index (χ0v) is 15.4. The summed E-state index contributed by atoms with van der Waals surface area (Å²) >= 11 is 0. The highest BCUT2D eigenvalue weighted by Gasteiger charge is 2.13. The number of nitrogens with two attached hydrogens (primary N) is 1. The van der Waals surface area contributed by atoms with E-state index in [-0.39, 0.29) is 4.90 Å². The number of anilines is 2. The fourth-order valence-electron chi connectivity index (χ4n) is 2.70. The topological polar surface area (TPSA) is 114 Å². The molecule has 2 aromatic heterocycles. The second-order valence-electron chi connectivity index (χ2n) is 5.93. The Bertz CT molecular complexity index is 1320. The SMILES string of the molecule is Nc1ncnc2[nH]cc(C#Cc3cccc(NS(=O)(=O)c4ccccc4)c3)c12. The maximum atomic E-state index is 12.5. The molecule has 4 aromatic rings. The van der Waals surface area contributed by atoms with Gasteiger partial charge in [0.15, 0.2) is 0 Å². The lowest BCUT2D eigenvalue weighted by molar-refractivity contribution is 0.601. The molecule has 4 N–H and O–H groups in total. The van der Waals surface area contributed by atoms with E-state index in [1.807, 2.05) is 0 Å². The number of benzene rings is 2. The first-order valence-corrected chi connectivity index (χ1v) is 9.79. The Kier molecular flexibility index (Phi) is 4.43. The Hall–Kier alpha value is -3.83. The minimum Gasteiger partial charge on any atom is -0.383 e. The summed E-state index contributed by atoms with van der Waals surface area (Å²) in [5.41, 5.74) is 8.26. The van der Waals surface area contributed by atoms with Gasteiger partial charge in [0.1, 0.15) is 17.8 Å². The van der Waals surface area contributed by atoms with E-state index in [1.54, 1.807) is 48.7 Å². The van der Waals surface area contributed by atoms with Gasteiger partial charge in [-0.3, -0.25) is 4.72 Å². The molecule has 0 aliphatic heterocycles. The fourth-order valence-corrected chi connectivity index (χ4v) is 3.77. The van der Waals surface area contributed by atoms with Crippen molar-refractivity contribution >= 4 is 32.6 Å². The summed E-state index contributed by atoms with van der Waals surface area (Å²) in [4.78, 5) is 11.3. The second-order valence-corrected chi connectivity index (χ2v) is 7.62. The van der Waals surface area contributed by atoms with Crippen molar-refractivity contribution in [2.24, 2.45) is 0 Å². The predicted molar refractivity (Wildman–Crippen MR) is 108 cm³/mol. The van der Waals surface area contributed by atoms with Crippen LogP contribution < -0.4 is 10.5 Å². The fraction of sp³-hybridized carbons (Fsp3) is 0. The van der Waals surface area contributed by atoms with Crippen molar-refractivity contribution in [2.75, 3.05) is 10.5 Å². The Labute approximate surface area is 161 Å². The van der Waals surface area contributed by atoms with E-state index in [2.05, 4.69) is 31.5 Å². The van der Waals surface area contributed by atoms with E-state index < -0.39 is 10.0 Å². The molecule has 0 atom stereocenters. The molecule has 2 heterocycles. The van der Waals surface area contributed by atoms with Gasteiger partial charge < -0.3 is 10.7 Å². The van der Waals surface area contributed by atoms with Crippen LogP contribution in [0.4, 0.5) is 11.5 Å². The average Bonchev–Trinajstić information content (AvgIpc) is 3.12. The van der Waals surface area contributed by atoms with E-state index in [9.17, 15) is 8.42 Å². The van der Waals surface area contributed by atoms with Gasteiger partial charge in [-0.25, -0.2) is 18.4 Å².